The molecule has 0 atom stereocenters. The third-order valence-corrected chi connectivity index (χ3v) is 7.45. The van der Waals surface area contributed by atoms with Crippen molar-refractivity contribution >= 4 is 23.8 Å². The molecule has 0 aliphatic heterocycles. The quantitative estimate of drug-likeness (QED) is 0.165. The Morgan fingerprint density at radius 3 is 1.34 bits per heavy atom. The zero-order valence-corrected chi connectivity index (χ0v) is 25.0. The van der Waals surface area contributed by atoms with E-state index in [1.165, 1.54) is 0 Å². The molecule has 44 heavy (non-hydrogen) atoms. The second-order valence-corrected chi connectivity index (χ2v) is 10.6. The van der Waals surface area contributed by atoms with Crippen LogP contribution in [0, 0.1) is 31.7 Å². The minimum absolute atomic E-state index is 0.0375. The van der Waals surface area contributed by atoms with Crippen LogP contribution in [-0.2, 0) is 0 Å². The van der Waals surface area contributed by atoms with E-state index in [1.807, 2.05) is 48.5 Å². The van der Waals surface area contributed by atoms with E-state index in [2.05, 4.69) is 24.5 Å². The van der Waals surface area contributed by atoms with Crippen LogP contribution >= 0.6 is 0 Å². The SMILES string of the molecule is CCCCOc1ccc(N/C=c2\ccc3c(=O)c4c(=N)/c(=C/Nc5ccc(OCCCC)cc5)ccc=4c(=O)c=3c2=N)cc1. The summed E-state index contributed by atoms with van der Waals surface area (Å²) in [5.41, 5.74) is 0.723. The van der Waals surface area contributed by atoms with Gasteiger partial charge in [-0.3, -0.25) is 20.4 Å². The molecule has 224 valence electrons. The number of nitrogens with one attached hydrogen (secondary N) is 4. The first kappa shape index (κ1) is 30.2. The highest BCUT2D eigenvalue weighted by Crippen LogP contribution is 2.17. The average Bonchev–Trinajstić information content (AvgIpc) is 3.04. The fraction of sp³-hybridized carbons (Fsp3) is 0.222. The minimum atomic E-state index is -0.435. The van der Waals surface area contributed by atoms with Gasteiger partial charge in [-0.05, 0) is 73.5 Å². The molecule has 0 saturated carbocycles. The predicted molar refractivity (Wildman–Crippen MR) is 173 cm³/mol. The first-order valence-corrected chi connectivity index (χ1v) is 14.9. The number of rotatable bonds is 12. The van der Waals surface area contributed by atoms with E-state index in [4.69, 9.17) is 20.3 Å². The Bertz CT molecular complexity index is 2060. The van der Waals surface area contributed by atoms with Crippen LogP contribution in [0.15, 0.2) is 82.4 Å². The summed E-state index contributed by atoms with van der Waals surface area (Å²) in [4.78, 5) is 27.1. The summed E-state index contributed by atoms with van der Waals surface area (Å²) in [7, 11) is 0. The second kappa shape index (κ2) is 13.8. The van der Waals surface area contributed by atoms with Crippen LogP contribution in [0.4, 0.5) is 11.4 Å². The molecule has 0 bridgehead atoms. The standard InChI is InChI=1S/C36H36N4O4/c1-3-5-19-43-27-13-9-25(10-14-27)39-21-23-7-17-29-31(33(23)37)35(41)30-18-8-24(34(38)32(30)36(29)42)22-40-26-11-15-28(16-12-26)44-20-6-4-2/h7-18,21-22,37-40H,3-6,19-20H2,1-2H3/b23-21+,24-22+,37-33?,38-34?. The van der Waals surface area contributed by atoms with Crippen molar-refractivity contribution in [1.82, 2.24) is 0 Å². The Balaban J connectivity index is 1.46. The lowest BCUT2D eigenvalue weighted by Crippen LogP contribution is -2.37. The van der Waals surface area contributed by atoms with Crippen LogP contribution in [0.5, 0.6) is 11.5 Å². The van der Waals surface area contributed by atoms with E-state index in [9.17, 15) is 9.59 Å². The molecule has 0 radical (unpaired) electrons. The summed E-state index contributed by atoms with van der Waals surface area (Å²) in [6.07, 6.45) is 7.41. The van der Waals surface area contributed by atoms with Gasteiger partial charge in [0, 0.05) is 44.6 Å². The maximum Gasteiger partial charge on any atom is 0.196 e. The van der Waals surface area contributed by atoms with Crippen LogP contribution in [0.2, 0.25) is 0 Å². The van der Waals surface area contributed by atoms with E-state index < -0.39 is 10.9 Å². The summed E-state index contributed by atoms with van der Waals surface area (Å²) < 4.78 is 11.4. The summed E-state index contributed by atoms with van der Waals surface area (Å²) in [5.74, 6) is 1.57. The molecule has 3 aliphatic rings. The number of hydrogen-bond donors (Lipinski definition) is 4. The van der Waals surface area contributed by atoms with Crippen LogP contribution < -0.4 is 52.1 Å². The van der Waals surface area contributed by atoms with Crippen molar-refractivity contribution in [3.8, 4) is 11.5 Å². The van der Waals surface area contributed by atoms with Gasteiger partial charge in [-0.25, -0.2) is 0 Å². The number of hydrogen-bond acceptors (Lipinski definition) is 8. The zero-order valence-electron chi connectivity index (χ0n) is 25.0. The fourth-order valence-electron chi connectivity index (χ4n) is 4.88. The molecule has 3 aliphatic carbocycles. The molecule has 0 fully saturated rings. The molecule has 4 N–H and O–H groups in total. The number of unbranched alkanes of at least 4 members (excludes halogenated alkanes) is 2. The smallest absolute Gasteiger partial charge is 0.196 e. The van der Waals surface area contributed by atoms with Gasteiger partial charge in [0.15, 0.2) is 10.9 Å². The topological polar surface area (TPSA) is 124 Å². The van der Waals surface area contributed by atoms with E-state index >= 15 is 0 Å². The first-order chi connectivity index (χ1) is 21.4. The van der Waals surface area contributed by atoms with Crippen molar-refractivity contribution < 1.29 is 9.47 Å². The molecule has 0 amide bonds. The van der Waals surface area contributed by atoms with Gasteiger partial charge in [0.25, 0.3) is 0 Å². The second-order valence-electron chi connectivity index (χ2n) is 10.6. The van der Waals surface area contributed by atoms with Crippen LogP contribution in [0.25, 0.3) is 12.4 Å². The lowest BCUT2D eigenvalue weighted by Gasteiger charge is -2.06. The van der Waals surface area contributed by atoms with E-state index in [0.29, 0.717) is 23.7 Å². The summed E-state index contributed by atoms with van der Waals surface area (Å²) in [5, 5.41) is 25.1. The van der Waals surface area contributed by atoms with Gasteiger partial charge in [0.1, 0.15) is 11.5 Å². The molecular formula is C36H36N4O4. The Kier molecular flexibility index (Phi) is 9.49. The fourth-order valence-corrected chi connectivity index (χ4v) is 4.88. The molecule has 2 aromatic rings. The van der Waals surface area contributed by atoms with Crippen molar-refractivity contribution in [2.75, 3.05) is 23.8 Å². The number of anilines is 2. The first-order valence-electron chi connectivity index (χ1n) is 14.9. The maximum atomic E-state index is 13.6. The van der Waals surface area contributed by atoms with Crippen molar-refractivity contribution in [3.63, 3.8) is 0 Å². The van der Waals surface area contributed by atoms with Gasteiger partial charge in [-0.2, -0.15) is 0 Å². The van der Waals surface area contributed by atoms with Gasteiger partial charge >= 0.3 is 0 Å². The molecule has 5 rings (SSSR count). The lowest BCUT2D eigenvalue weighted by molar-refractivity contribution is 0.309. The van der Waals surface area contributed by atoms with E-state index in [-0.39, 0.29) is 31.6 Å². The van der Waals surface area contributed by atoms with Crippen molar-refractivity contribution in [1.29, 1.82) is 10.8 Å². The summed E-state index contributed by atoms with van der Waals surface area (Å²) >= 11 is 0. The molecule has 0 unspecified atom stereocenters. The molecule has 0 spiro atoms. The Morgan fingerprint density at radius 2 is 0.977 bits per heavy atom. The molecular weight excluding hydrogens is 552 g/mol. The molecule has 8 nitrogen and oxygen atoms in total. The minimum Gasteiger partial charge on any atom is -0.494 e. The summed E-state index contributed by atoms with van der Waals surface area (Å²) in [6, 6.07) is 21.4. The highest BCUT2D eigenvalue weighted by molar-refractivity contribution is 5.56. The predicted octanol–water partition coefficient (Wildman–Crippen LogP) is 3.75. The molecule has 0 heterocycles. The Hall–Kier alpha value is -5.24. The normalized spacial score (nSPS) is 12.1. The van der Waals surface area contributed by atoms with Crippen molar-refractivity contribution in [2.45, 2.75) is 39.5 Å². The van der Waals surface area contributed by atoms with E-state index in [1.54, 1.807) is 36.7 Å². The van der Waals surface area contributed by atoms with Gasteiger partial charge in [0.2, 0.25) is 0 Å². The number of ether oxygens (including phenoxy) is 2. The third-order valence-electron chi connectivity index (χ3n) is 7.45. The highest BCUT2D eigenvalue weighted by Gasteiger charge is 2.09. The zero-order chi connectivity index (χ0) is 31.1. The van der Waals surface area contributed by atoms with Crippen molar-refractivity contribution in [2.24, 2.45) is 0 Å². The third kappa shape index (κ3) is 6.54. The average molecular weight is 589 g/mol. The molecule has 0 aromatic heterocycles. The lowest BCUT2D eigenvalue weighted by atomic mass is 10.0. The van der Waals surface area contributed by atoms with Crippen LogP contribution in [-0.4, -0.2) is 13.2 Å². The molecule has 0 saturated heterocycles. The largest absolute Gasteiger partial charge is 0.494 e. The van der Waals surface area contributed by atoms with Gasteiger partial charge in [-0.15, -0.1) is 0 Å². The molecule has 8 heteroatoms. The van der Waals surface area contributed by atoms with E-state index in [0.717, 1.165) is 48.6 Å². The van der Waals surface area contributed by atoms with Crippen LogP contribution in [0.3, 0.4) is 0 Å². The summed E-state index contributed by atoms with van der Waals surface area (Å²) in [6.45, 7) is 5.57. The van der Waals surface area contributed by atoms with Gasteiger partial charge in [0.05, 0.1) is 34.4 Å². The molecule has 2 aromatic carbocycles. The van der Waals surface area contributed by atoms with Crippen LogP contribution in [0.1, 0.15) is 39.5 Å². The number of benzene rings is 2. The van der Waals surface area contributed by atoms with Gasteiger partial charge < -0.3 is 20.1 Å². The maximum absolute atomic E-state index is 13.6. The van der Waals surface area contributed by atoms with Gasteiger partial charge in [-0.1, -0.05) is 38.8 Å². The Labute approximate surface area is 254 Å². The highest BCUT2D eigenvalue weighted by atomic mass is 16.5. The monoisotopic (exact) mass is 588 g/mol. The van der Waals surface area contributed by atoms with Crippen molar-refractivity contribution in [3.05, 3.63) is 135 Å². The Morgan fingerprint density at radius 1 is 0.591 bits per heavy atom.